The molecule has 2 saturated heterocycles. The van der Waals surface area contributed by atoms with Gasteiger partial charge in [0.2, 0.25) is 0 Å². The van der Waals surface area contributed by atoms with Crippen molar-refractivity contribution in [3.05, 3.63) is 0 Å². The Kier molecular flexibility index (Phi) is 10.3. The molecule has 7 aliphatic rings. The summed E-state index contributed by atoms with van der Waals surface area (Å²) < 4.78 is 57.0. The number of carbonyl (C=O) groups excluding carboxylic acids is 2. The zero-order chi connectivity index (χ0) is 36.4. The van der Waals surface area contributed by atoms with Crippen molar-refractivity contribution in [3.8, 4) is 0 Å². The molecule has 2 spiro atoms. The van der Waals surface area contributed by atoms with Crippen LogP contribution < -0.4 is 10.6 Å². The molecule has 5 unspecified atom stereocenters. The zero-order valence-corrected chi connectivity index (χ0v) is 31.2. The first-order valence-electron chi connectivity index (χ1n) is 19.3. The average molecular weight is 714 g/mol. The van der Waals surface area contributed by atoms with Gasteiger partial charge in [0, 0.05) is 32.2 Å². The fourth-order valence-electron chi connectivity index (χ4n) is 13.0. The van der Waals surface area contributed by atoms with Gasteiger partial charge >= 0.3 is 18.4 Å². The minimum absolute atomic E-state index is 0.0639. The van der Waals surface area contributed by atoms with Crippen LogP contribution in [-0.4, -0.2) is 92.1 Å². The highest BCUT2D eigenvalue weighted by Gasteiger charge is 2.81. The number of alkyl carbamates (subject to hydrolysis) is 2. The van der Waals surface area contributed by atoms with Crippen molar-refractivity contribution in [1.29, 1.82) is 0 Å². The SMILES string of the molecule is CCNC(=O)O[C@H](C(C)C)C1CCC2C(CC3C4CC[C@H]5C(C)(C)[C@@H](OC(=O)NC6CN(CC(F)(F)F)C6)CC[C@@]56C[C@@]46CC[C@]23C)O1.CO. The van der Waals surface area contributed by atoms with Crippen molar-refractivity contribution in [1.82, 2.24) is 15.5 Å². The number of carbonyl (C=O) groups is 2. The highest BCUT2D eigenvalue weighted by atomic mass is 19.4. The van der Waals surface area contributed by atoms with Gasteiger partial charge in [0.1, 0.15) is 12.2 Å². The standard InChI is InChI=1S/C37H58F3N3O5.CH4O/c1-7-41-31(44)48-30(21(2)3)26-10-8-24-27(46-26)16-25-23-9-11-28-33(4,5)29(12-13-36(28)19-35(23,36)15-14-34(24,25)6)47-32(45)42-22-17-43(18-22)20-37(38,39)40;1-2/h21-30H,7-20H2,1-6H3,(H,41,44)(H,42,45);2H,1H3/t23?,24?,25?,26?,27?,28-,29-,30+,34+,35-,36+;/m0./s1. The number of nitrogens with one attached hydrogen (secondary N) is 2. The third-order valence-corrected chi connectivity index (χ3v) is 15.1. The van der Waals surface area contributed by atoms with E-state index < -0.39 is 18.8 Å². The van der Waals surface area contributed by atoms with Gasteiger partial charge in [0.05, 0.1) is 24.8 Å². The van der Waals surface area contributed by atoms with Crippen LogP contribution in [0.4, 0.5) is 22.8 Å². The maximum atomic E-state index is 12.9. The van der Waals surface area contributed by atoms with E-state index in [4.69, 9.17) is 19.3 Å². The van der Waals surface area contributed by atoms with Crippen LogP contribution in [-0.2, 0) is 14.2 Å². The number of halogens is 3. The fraction of sp³-hybridized carbons (Fsp3) is 0.947. The Balaban J connectivity index is 0.00000212. The third-order valence-electron chi connectivity index (χ3n) is 15.1. The summed E-state index contributed by atoms with van der Waals surface area (Å²) >= 11 is 0. The summed E-state index contributed by atoms with van der Waals surface area (Å²) in [5.74, 6) is 2.56. The van der Waals surface area contributed by atoms with Gasteiger partial charge in [-0.3, -0.25) is 4.90 Å². The van der Waals surface area contributed by atoms with Gasteiger partial charge in [-0.1, -0.05) is 34.6 Å². The monoisotopic (exact) mass is 713 g/mol. The Bertz CT molecular complexity index is 1260. The molecule has 9 nitrogen and oxygen atoms in total. The molecule has 2 amide bonds. The molecule has 12 heteroatoms. The predicted octanol–water partition coefficient (Wildman–Crippen LogP) is 6.91. The van der Waals surface area contributed by atoms with Crippen LogP contribution >= 0.6 is 0 Å². The fourth-order valence-corrected chi connectivity index (χ4v) is 13.0. The maximum absolute atomic E-state index is 12.9. The van der Waals surface area contributed by atoms with E-state index in [2.05, 4.69) is 45.3 Å². The van der Waals surface area contributed by atoms with Gasteiger partial charge in [0.15, 0.2) is 0 Å². The number of fused-ring (bicyclic) bond motifs is 4. The lowest BCUT2D eigenvalue weighted by Gasteiger charge is -2.59. The molecule has 3 N–H and O–H groups in total. The first-order valence-corrected chi connectivity index (χ1v) is 19.3. The number of aliphatic hydroxyl groups excluding tert-OH is 1. The van der Waals surface area contributed by atoms with Crippen LogP contribution in [0.5, 0.6) is 0 Å². The predicted molar refractivity (Wildman–Crippen MR) is 182 cm³/mol. The van der Waals surface area contributed by atoms with Crippen LogP contribution in [0.25, 0.3) is 0 Å². The number of amides is 2. The second-order valence-corrected chi connectivity index (χ2v) is 18.0. The first kappa shape index (κ1) is 38.0. The van der Waals surface area contributed by atoms with E-state index in [1.807, 2.05) is 6.92 Å². The van der Waals surface area contributed by atoms with Crippen LogP contribution in [0.2, 0.25) is 0 Å². The zero-order valence-electron chi connectivity index (χ0n) is 31.2. The van der Waals surface area contributed by atoms with Gasteiger partial charge in [-0.15, -0.1) is 0 Å². The molecule has 7 fully saturated rings. The highest BCUT2D eigenvalue weighted by molar-refractivity contribution is 5.68. The molecule has 5 aliphatic carbocycles. The van der Waals surface area contributed by atoms with Gasteiger partial charge in [-0.05, 0) is 117 Å². The summed E-state index contributed by atoms with van der Waals surface area (Å²) in [4.78, 5) is 26.6. The van der Waals surface area contributed by atoms with Crippen molar-refractivity contribution in [2.24, 2.45) is 51.2 Å². The van der Waals surface area contributed by atoms with Crippen molar-refractivity contribution >= 4 is 12.2 Å². The molecule has 0 bridgehead atoms. The van der Waals surface area contributed by atoms with E-state index in [1.54, 1.807) is 0 Å². The van der Waals surface area contributed by atoms with Gasteiger partial charge in [0.25, 0.3) is 0 Å². The lowest BCUT2D eigenvalue weighted by atomic mass is 9.46. The highest BCUT2D eigenvalue weighted by Crippen LogP contribution is 2.87. The molecule has 11 atom stereocenters. The van der Waals surface area contributed by atoms with Crippen LogP contribution in [0.3, 0.4) is 0 Å². The van der Waals surface area contributed by atoms with Crippen LogP contribution in [0, 0.1) is 51.2 Å². The summed E-state index contributed by atoms with van der Waals surface area (Å²) in [6, 6.07) is -0.296. The number of likely N-dealkylation sites (tertiary alicyclic amines) is 1. The van der Waals surface area contributed by atoms with Gasteiger partial charge in [-0.25, -0.2) is 9.59 Å². The Morgan fingerprint density at radius 3 is 2.30 bits per heavy atom. The Hall–Kier alpha value is -1.79. The van der Waals surface area contributed by atoms with E-state index in [1.165, 1.54) is 30.6 Å². The van der Waals surface area contributed by atoms with Crippen molar-refractivity contribution in [2.75, 3.05) is 33.3 Å². The summed E-state index contributed by atoms with van der Waals surface area (Å²) in [6.07, 6.45) is 5.91. The molecule has 50 heavy (non-hydrogen) atoms. The summed E-state index contributed by atoms with van der Waals surface area (Å²) in [6.45, 7) is 13.3. The molecule has 2 heterocycles. The van der Waals surface area contributed by atoms with E-state index in [0.717, 1.165) is 45.6 Å². The van der Waals surface area contributed by atoms with Crippen molar-refractivity contribution in [3.63, 3.8) is 0 Å². The number of alkyl halides is 3. The molecule has 5 saturated carbocycles. The number of aliphatic hydroxyl groups is 1. The van der Waals surface area contributed by atoms with Crippen molar-refractivity contribution < 1.29 is 42.1 Å². The Morgan fingerprint density at radius 2 is 1.64 bits per heavy atom. The minimum Gasteiger partial charge on any atom is -0.446 e. The smallest absolute Gasteiger partial charge is 0.407 e. The normalized spacial score (nSPS) is 42.1. The maximum Gasteiger partial charge on any atom is 0.407 e. The van der Waals surface area contributed by atoms with E-state index >= 15 is 0 Å². The largest absolute Gasteiger partial charge is 0.446 e. The second-order valence-electron chi connectivity index (χ2n) is 18.0. The van der Waals surface area contributed by atoms with Gasteiger partial charge < -0.3 is 30.0 Å². The topological polar surface area (TPSA) is 109 Å². The van der Waals surface area contributed by atoms with E-state index in [9.17, 15) is 22.8 Å². The summed E-state index contributed by atoms with van der Waals surface area (Å²) in [5, 5.41) is 12.6. The summed E-state index contributed by atoms with van der Waals surface area (Å²) in [7, 11) is 1.00. The Labute approximate surface area is 296 Å². The number of ether oxygens (including phenoxy) is 3. The molecule has 7 rings (SSSR count). The Morgan fingerprint density at radius 1 is 0.940 bits per heavy atom. The van der Waals surface area contributed by atoms with Crippen molar-refractivity contribution in [2.45, 2.75) is 142 Å². The molecule has 0 radical (unpaired) electrons. The molecule has 0 aromatic carbocycles. The van der Waals surface area contributed by atoms with Gasteiger partial charge in [-0.2, -0.15) is 13.2 Å². The summed E-state index contributed by atoms with van der Waals surface area (Å²) in [5.41, 5.74) is 0.792. The molecular formula is C38H62F3N3O6. The minimum atomic E-state index is -4.22. The van der Waals surface area contributed by atoms with Crippen LogP contribution in [0.1, 0.15) is 106 Å². The van der Waals surface area contributed by atoms with Crippen LogP contribution in [0.15, 0.2) is 0 Å². The van der Waals surface area contributed by atoms with E-state index in [0.29, 0.717) is 41.0 Å². The molecular weight excluding hydrogens is 651 g/mol. The lowest BCUT2D eigenvalue weighted by molar-refractivity contribution is -0.156. The number of rotatable bonds is 7. The average Bonchev–Trinajstić information content (AvgIpc) is 3.60. The molecule has 286 valence electrons. The molecule has 0 aromatic heterocycles. The third kappa shape index (κ3) is 6.32. The van der Waals surface area contributed by atoms with E-state index in [-0.39, 0.29) is 66.4 Å². The molecule has 2 aliphatic heterocycles. The number of hydrogen-bond donors (Lipinski definition) is 3. The lowest BCUT2D eigenvalue weighted by Crippen LogP contribution is -2.61. The number of nitrogens with zero attached hydrogens (tertiary/aromatic N) is 1. The first-order chi connectivity index (χ1) is 23.5. The quantitative estimate of drug-likeness (QED) is 0.263. The molecule has 0 aromatic rings. The number of hydrogen-bond acceptors (Lipinski definition) is 7. The second kappa shape index (κ2) is 13.6.